The summed E-state index contributed by atoms with van der Waals surface area (Å²) in [4.78, 5) is 31.4. The van der Waals surface area contributed by atoms with E-state index in [2.05, 4.69) is 340 Å². The van der Waals surface area contributed by atoms with Crippen LogP contribution in [0.1, 0.15) is 177 Å². The van der Waals surface area contributed by atoms with E-state index < -0.39 is 0 Å². The molecular weight excluding hydrogens is 1160 g/mol. The number of hydrogen-bond acceptors (Lipinski definition) is 2. The Morgan fingerprint density at radius 3 is 0.781 bits per heavy atom. The Kier molecular flexibility index (Phi) is 19.3. The van der Waals surface area contributed by atoms with Crippen LogP contribution in [0.2, 0.25) is 0 Å². The van der Waals surface area contributed by atoms with Crippen molar-refractivity contribution in [2.24, 2.45) is 0 Å². The lowest BCUT2D eigenvalue weighted by Gasteiger charge is -2.20. The number of aryl methyl sites for hydroxylation is 8. The largest absolute Gasteiger partial charge is 0.289 e. The molecule has 96 heavy (non-hydrogen) atoms. The van der Waals surface area contributed by atoms with Gasteiger partial charge >= 0.3 is 0 Å². The average molecular weight is 1250 g/mol. The average Bonchev–Trinajstić information content (AvgIpc) is 0.795. The van der Waals surface area contributed by atoms with Gasteiger partial charge in [-0.15, -0.1) is 0 Å². The van der Waals surface area contributed by atoms with Gasteiger partial charge in [-0.05, 0) is 275 Å². The van der Waals surface area contributed by atoms with E-state index in [0.29, 0.717) is 34.1 Å². The Hall–Kier alpha value is -10.0. The maximum absolute atomic E-state index is 15.9. The Morgan fingerprint density at radius 1 is 0.250 bits per heavy atom. The molecule has 12 aromatic rings. The first-order valence-corrected chi connectivity index (χ1v) is 34.5. The Balaban J connectivity index is 0.917. The molecule has 0 radical (unpaired) electrons. The molecule has 1 atom stereocenters. The molecule has 0 aliphatic heterocycles. The van der Waals surface area contributed by atoms with Gasteiger partial charge in [0, 0.05) is 22.3 Å². The van der Waals surface area contributed by atoms with Gasteiger partial charge in [0.25, 0.3) is 0 Å². The van der Waals surface area contributed by atoms with Crippen LogP contribution in [0.5, 0.6) is 0 Å². The zero-order valence-corrected chi connectivity index (χ0v) is 58.6. The van der Waals surface area contributed by atoms with Crippen LogP contribution in [0.15, 0.2) is 243 Å². The van der Waals surface area contributed by atoms with E-state index in [1.807, 2.05) is 0 Å². The van der Waals surface area contributed by atoms with Crippen LogP contribution >= 0.6 is 0 Å². The van der Waals surface area contributed by atoms with E-state index in [4.69, 9.17) is 0 Å². The molecule has 0 aliphatic rings. The van der Waals surface area contributed by atoms with Crippen molar-refractivity contribution in [3.63, 3.8) is 0 Å². The number of rotatable bonds is 19. The molecule has 0 aliphatic carbocycles. The minimum Gasteiger partial charge on any atom is -0.289 e. The van der Waals surface area contributed by atoms with Crippen LogP contribution in [0.3, 0.4) is 0 Å². The molecule has 0 fully saturated rings. The Labute approximate surface area is 571 Å². The molecule has 1 unspecified atom stereocenters. The van der Waals surface area contributed by atoms with Crippen molar-refractivity contribution < 1.29 is 9.59 Å². The summed E-state index contributed by atoms with van der Waals surface area (Å²) >= 11 is 0. The molecule has 12 rings (SSSR count). The summed E-state index contributed by atoms with van der Waals surface area (Å²) in [6.07, 6.45) is 1.72. The lowest BCUT2D eigenvalue weighted by molar-refractivity contribution is 0.103. The van der Waals surface area contributed by atoms with E-state index in [9.17, 15) is 0 Å². The van der Waals surface area contributed by atoms with Gasteiger partial charge < -0.3 is 0 Å². The summed E-state index contributed by atoms with van der Waals surface area (Å²) < 4.78 is 0. The van der Waals surface area contributed by atoms with Crippen molar-refractivity contribution in [2.75, 3.05) is 0 Å². The van der Waals surface area contributed by atoms with E-state index >= 15 is 9.59 Å². The molecule has 12 aromatic carbocycles. The fraction of sp³-hybridized carbons (Fsp3) is 0.213. The third-order valence-corrected chi connectivity index (χ3v) is 19.3. The molecule has 2 heteroatoms. The molecule has 478 valence electrons. The predicted molar refractivity (Wildman–Crippen MR) is 408 cm³/mol. The van der Waals surface area contributed by atoms with Crippen LogP contribution in [-0.2, 0) is 6.42 Å². The third kappa shape index (κ3) is 14.6. The lowest BCUT2D eigenvalue weighted by atomic mass is 9.84. The smallest absolute Gasteiger partial charge is 0.193 e. The maximum atomic E-state index is 15.9. The molecule has 0 saturated heterocycles. The van der Waals surface area contributed by atoms with E-state index in [-0.39, 0.29) is 23.4 Å². The van der Waals surface area contributed by atoms with Crippen LogP contribution < -0.4 is 0 Å². The van der Waals surface area contributed by atoms with Crippen molar-refractivity contribution in [3.05, 3.63) is 332 Å². The Bertz CT molecular complexity index is 4740. The standard InChI is InChI=1S/C94H90O2/c1-57(2)85-23-15-19-27-89(85)77-51-78(90-28-20-16-24-86(90)58(3)4)54-83(53-77)94(96)84-55-79(91-29-21-17-25-87(91)59(5)6)52-80(56-84)92-30-22-18-26-88(92)67(14)31-32-68-36-66(13)43-72(44-68)76-46-75(71-41-64(11)35-65(12)42-71)49-82(50-76)93(95)81-47-73(69-37-60(7)33-61(8)38-69)45-74(48-81)70-39-62(9)34-63(10)40-70/h15-30,33-59,67H,31-32H2,1-14H3. The van der Waals surface area contributed by atoms with Gasteiger partial charge in [0.05, 0.1) is 0 Å². The zero-order valence-electron chi connectivity index (χ0n) is 58.6. The summed E-state index contributed by atoms with van der Waals surface area (Å²) in [5.41, 5.74) is 34.2. The predicted octanol–water partition coefficient (Wildman–Crippen LogP) is 25.8. The quantitative estimate of drug-likeness (QED) is 0.0756. The van der Waals surface area contributed by atoms with Crippen LogP contribution in [0.25, 0.3) is 89.0 Å². The number of hydrogen-bond donors (Lipinski definition) is 0. The molecule has 0 bridgehead atoms. The number of carbonyl (C=O) groups excluding carboxylic acids is 2. The second kappa shape index (κ2) is 28.1. The topological polar surface area (TPSA) is 34.1 Å². The minimum absolute atomic E-state index is 0.00574. The van der Waals surface area contributed by atoms with E-state index in [0.717, 1.165) is 102 Å². The molecule has 0 heterocycles. The molecule has 0 N–H and O–H groups in total. The highest BCUT2D eigenvalue weighted by Gasteiger charge is 2.23. The number of benzene rings is 12. The zero-order chi connectivity index (χ0) is 67.6. The van der Waals surface area contributed by atoms with Gasteiger partial charge in [-0.2, -0.15) is 0 Å². The highest BCUT2D eigenvalue weighted by atomic mass is 16.1. The molecule has 0 aromatic heterocycles. The molecular formula is C94H90O2. The first-order chi connectivity index (χ1) is 46.1. The summed E-state index contributed by atoms with van der Waals surface area (Å²) in [6, 6.07) is 87.8. The molecule has 0 spiro atoms. The maximum Gasteiger partial charge on any atom is 0.193 e. The van der Waals surface area contributed by atoms with E-state index in [1.54, 1.807) is 0 Å². The highest BCUT2D eigenvalue weighted by molar-refractivity contribution is 6.13. The Morgan fingerprint density at radius 2 is 0.479 bits per heavy atom. The van der Waals surface area contributed by atoms with Crippen molar-refractivity contribution >= 4 is 11.6 Å². The SMILES string of the molecule is Cc1cc(C)cc(-c2cc(C(=O)c3cc(-c4cc(C)cc(C)c4)cc(-c4cc(C)cc(CCC(C)c5ccccc5-c5cc(C(=O)c6cc(-c7ccccc7C(C)C)cc(-c7ccccc7C(C)C)c6)cc(-c6ccccc6C(C)C)c5)c4)c3)cc(-c3cc(C)cc(C)c3)c2)c1. The summed E-state index contributed by atoms with van der Waals surface area (Å²) in [6.45, 7) is 30.8. The van der Waals surface area contributed by atoms with Gasteiger partial charge in [-0.1, -0.05) is 257 Å². The molecule has 0 saturated carbocycles. The highest BCUT2D eigenvalue weighted by Crippen LogP contribution is 2.42. The van der Waals surface area contributed by atoms with Crippen molar-refractivity contribution in [3.8, 4) is 89.0 Å². The first kappa shape index (κ1) is 66.0. The summed E-state index contributed by atoms with van der Waals surface area (Å²) in [5, 5.41) is 0. The summed E-state index contributed by atoms with van der Waals surface area (Å²) in [7, 11) is 0. The minimum atomic E-state index is -0.0132. The van der Waals surface area contributed by atoms with Gasteiger partial charge in [0.1, 0.15) is 0 Å². The van der Waals surface area contributed by atoms with Crippen LogP contribution in [-0.4, -0.2) is 11.6 Å². The third-order valence-electron chi connectivity index (χ3n) is 19.3. The van der Waals surface area contributed by atoms with Crippen LogP contribution in [0.4, 0.5) is 0 Å². The van der Waals surface area contributed by atoms with E-state index in [1.165, 1.54) is 66.8 Å². The second-order valence-corrected chi connectivity index (χ2v) is 28.4. The molecule has 0 amide bonds. The normalized spacial score (nSPS) is 11.8. The second-order valence-electron chi connectivity index (χ2n) is 28.4. The number of carbonyl (C=O) groups is 2. The van der Waals surface area contributed by atoms with Gasteiger partial charge in [-0.25, -0.2) is 0 Å². The number of ketones is 2. The van der Waals surface area contributed by atoms with Gasteiger partial charge in [0.2, 0.25) is 0 Å². The summed E-state index contributed by atoms with van der Waals surface area (Å²) in [5.74, 6) is 0.992. The first-order valence-electron chi connectivity index (χ1n) is 34.5. The van der Waals surface area contributed by atoms with Crippen molar-refractivity contribution in [1.82, 2.24) is 0 Å². The monoisotopic (exact) mass is 1250 g/mol. The fourth-order valence-corrected chi connectivity index (χ4v) is 14.8. The lowest BCUT2D eigenvalue weighted by Crippen LogP contribution is -2.05. The van der Waals surface area contributed by atoms with Crippen LogP contribution in [0, 0.1) is 48.5 Å². The fourth-order valence-electron chi connectivity index (χ4n) is 14.8. The van der Waals surface area contributed by atoms with Crippen molar-refractivity contribution in [1.29, 1.82) is 0 Å². The van der Waals surface area contributed by atoms with Gasteiger partial charge in [0.15, 0.2) is 11.6 Å². The van der Waals surface area contributed by atoms with Gasteiger partial charge in [-0.3, -0.25) is 9.59 Å². The molecule has 2 nitrogen and oxygen atoms in total. The van der Waals surface area contributed by atoms with Crippen molar-refractivity contribution in [2.45, 2.75) is 133 Å².